The molecule has 0 saturated carbocycles. The Morgan fingerprint density at radius 1 is 1.13 bits per heavy atom. The molecule has 0 atom stereocenters. The van der Waals surface area contributed by atoms with Gasteiger partial charge in [0.15, 0.2) is 0 Å². The Morgan fingerprint density at radius 2 is 1.91 bits per heavy atom. The van der Waals surface area contributed by atoms with E-state index in [1.165, 1.54) is 46.4 Å². The Kier molecular flexibility index (Phi) is 5.06. The number of hydrogen-bond donors (Lipinski definition) is 0. The van der Waals surface area contributed by atoms with Crippen molar-refractivity contribution in [2.75, 3.05) is 12.8 Å². The van der Waals surface area contributed by atoms with E-state index in [0.717, 1.165) is 0 Å². The fourth-order valence-electron chi connectivity index (χ4n) is 3.02. The first-order chi connectivity index (χ1) is 11.1. The number of amides is 1. The second kappa shape index (κ2) is 7.22. The second-order valence-corrected chi connectivity index (χ2v) is 7.30. The first kappa shape index (κ1) is 16.1. The first-order valence-corrected chi connectivity index (χ1v) is 9.15. The van der Waals surface area contributed by atoms with Crippen molar-refractivity contribution in [2.45, 2.75) is 37.6 Å². The molecule has 0 aliphatic heterocycles. The molecule has 1 aliphatic carbocycles. The number of rotatable bonds is 5. The molecule has 0 spiro atoms. The Balaban J connectivity index is 1.55. The van der Waals surface area contributed by atoms with Crippen LogP contribution in [-0.4, -0.2) is 23.6 Å². The minimum atomic E-state index is 0.179. The predicted octanol–water partition coefficient (Wildman–Crippen LogP) is 4.23. The number of carbonyl (C=O) groups is 1. The van der Waals surface area contributed by atoms with Crippen LogP contribution in [0.25, 0.3) is 0 Å². The summed E-state index contributed by atoms with van der Waals surface area (Å²) >= 11 is 1.65. The molecule has 23 heavy (non-hydrogen) atoms. The van der Waals surface area contributed by atoms with Gasteiger partial charge in [-0.3, -0.25) is 4.79 Å². The minimum Gasteiger partial charge on any atom is -0.341 e. The molecular weight excluding hydrogens is 302 g/mol. The number of carbonyl (C=O) groups excluding carboxylic acids is 1. The monoisotopic (exact) mass is 325 g/mol. The largest absolute Gasteiger partial charge is 0.341 e. The molecule has 0 unspecified atom stereocenters. The fraction of sp³-hybridized carbons (Fsp3) is 0.350. The molecule has 0 bridgehead atoms. The molecule has 2 aromatic carbocycles. The lowest BCUT2D eigenvalue weighted by Crippen LogP contribution is -2.28. The van der Waals surface area contributed by atoms with Crippen LogP contribution in [-0.2, 0) is 24.2 Å². The fourth-order valence-corrected chi connectivity index (χ4v) is 3.92. The maximum atomic E-state index is 12.4. The Morgan fingerprint density at radius 3 is 2.74 bits per heavy atom. The van der Waals surface area contributed by atoms with Crippen molar-refractivity contribution in [1.29, 1.82) is 0 Å². The number of nitrogens with zero attached hydrogens (tertiary/aromatic N) is 1. The third-order valence-electron chi connectivity index (χ3n) is 4.53. The molecule has 0 N–H and O–H groups in total. The summed E-state index contributed by atoms with van der Waals surface area (Å²) in [6.07, 6.45) is 3.66. The van der Waals surface area contributed by atoms with Crippen molar-refractivity contribution >= 4 is 17.7 Å². The minimum absolute atomic E-state index is 0.179. The van der Waals surface area contributed by atoms with E-state index in [-0.39, 0.29) is 5.91 Å². The average Bonchev–Trinajstić information content (AvgIpc) is 3.02. The van der Waals surface area contributed by atoms with Crippen LogP contribution in [0.1, 0.15) is 28.7 Å². The summed E-state index contributed by atoms with van der Waals surface area (Å²) in [5, 5.41) is 0. The van der Waals surface area contributed by atoms with Crippen LogP contribution < -0.4 is 0 Å². The van der Waals surface area contributed by atoms with Gasteiger partial charge in [-0.25, -0.2) is 0 Å². The number of aryl methyl sites for hydroxylation is 3. The Hall–Kier alpha value is -1.74. The zero-order valence-electron chi connectivity index (χ0n) is 13.8. The summed E-state index contributed by atoms with van der Waals surface area (Å²) in [4.78, 5) is 15.4. The van der Waals surface area contributed by atoms with Crippen molar-refractivity contribution in [3.63, 3.8) is 0 Å². The first-order valence-electron chi connectivity index (χ1n) is 8.16. The molecule has 1 aliphatic rings. The summed E-state index contributed by atoms with van der Waals surface area (Å²) in [5.41, 5.74) is 5.40. The van der Waals surface area contributed by atoms with Crippen LogP contribution >= 0.6 is 11.8 Å². The maximum absolute atomic E-state index is 12.4. The zero-order valence-corrected chi connectivity index (χ0v) is 14.7. The highest BCUT2D eigenvalue weighted by Crippen LogP contribution is 2.27. The highest BCUT2D eigenvalue weighted by molar-refractivity contribution is 8.00. The Labute approximate surface area is 142 Å². The summed E-state index contributed by atoms with van der Waals surface area (Å²) in [6.45, 7) is 2.77. The maximum Gasteiger partial charge on any atom is 0.232 e. The third-order valence-corrected chi connectivity index (χ3v) is 5.51. The van der Waals surface area contributed by atoms with Gasteiger partial charge in [0.1, 0.15) is 0 Å². The molecule has 0 radical (unpaired) electrons. The molecule has 1 amide bonds. The van der Waals surface area contributed by atoms with E-state index in [9.17, 15) is 4.79 Å². The van der Waals surface area contributed by atoms with Gasteiger partial charge in [0.05, 0.1) is 5.75 Å². The van der Waals surface area contributed by atoms with Crippen molar-refractivity contribution in [3.05, 3.63) is 64.7 Å². The predicted molar refractivity (Wildman–Crippen MR) is 96.8 cm³/mol. The van der Waals surface area contributed by atoms with Crippen LogP contribution in [0, 0.1) is 6.92 Å². The normalized spacial score (nSPS) is 13.0. The topological polar surface area (TPSA) is 20.3 Å². The smallest absolute Gasteiger partial charge is 0.232 e. The zero-order chi connectivity index (χ0) is 16.2. The van der Waals surface area contributed by atoms with Gasteiger partial charge in [-0.05, 0) is 60.6 Å². The highest BCUT2D eigenvalue weighted by atomic mass is 32.2. The van der Waals surface area contributed by atoms with E-state index in [1.54, 1.807) is 11.8 Å². The SMILES string of the molecule is Cc1ccccc1CN(C)C(=O)CSc1ccc2c(c1)CCC2. The molecule has 120 valence electrons. The third kappa shape index (κ3) is 3.97. The van der Waals surface area contributed by atoms with E-state index >= 15 is 0 Å². The standard InChI is InChI=1S/C20H23NOS/c1-15-6-3-4-7-18(15)13-21(2)20(22)14-23-19-11-10-16-8-5-9-17(16)12-19/h3-4,6-7,10-12H,5,8-9,13-14H2,1-2H3. The van der Waals surface area contributed by atoms with Gasteiger partial charge in [-0.15, -0.1) is 11.8 Å². The van der Waals surface area contributed by atoms with Gasteiger partial charge in [-0.2, -0.15) is 0 Å². The van der Waals surface area contributed by atoms with Gasteiger partial charge in [0, 0.05) is 18.5 Å². The summed E-state index contributed by atoms with van der Waals surface area (Å²) in [5.74, 6) is 0.681. The molecule has 0 aromatic heterocycles. The number of thioether (sulfide) groups is 1. The van der Waals surface area contributed by atoms with Crippen LogP contribution in [0.3, 0.4) is 0 Å². The van der Waals surface area contributed by atoms with Crippen LogP contribution in [0.4, 0.5) is 0 Å². The Bertz CT molecular complexity index is 711. The van der Waals surface area contributed by atoms with Crippen molar-refractivity contribution in [2.24, 2.45) is 0 Å². The van der Waals surface area contributed by atoms with E-state index in [2.05, 4.69) is 37.3 Å². The van der Waals surface area contributed by atoms with Crippen LogP contribution in [0.5, 0.6) is 0 Å². The molecule has 0 saturated heterocycles. The lowest BCUT2D eigenvalue weighted by atomic mass is 10.1. The quantitative estimate of drug-likeness (QED) is 0.767. The van der Waals surface area contributed by atoms with Crippen molar-refractivity contribution in [1.82, 2.24) is 4.90 Å². The van der Waals surface area contributed by atoms with E-state index in [0.29, 0.717) is 12.3 Å². The van der Waals surface area contributed by atoms with Gasteiger partial charge in [0.2, 0.25) is 5.91 Å². The number of hydrogen-bond acceptors (Lipinski definition) is 2. The number of fused-ring (bicyclic) bond motifs is 1. The summed E-state index contributed by atoms with van der Waals surface area (Å²) in [6, 6.07) is 14.9. The molecular formula is C20H23NOS. The molecule has 0 heterocycles. The average molecular weight is 325 g/mol. The molecule has 3 rings (SSSR count). The van der Waals surface area contributed by atoms with Gasteiger partial charge >= 0.3 is 0 Å². The van der Waals surface area contributed by atoms with Crippen LogP contribution in [0.15, 0.2) is 47.4 Å². The molecule has 0 fully saturated rings. The van der Waals surface area contributed by atoms with Gasteiger partial charge in [0.25, 0.3) is 0 Å². The van der Waals surface area contributed by atoms with Crippen LogP contribution in [0.2, 0.25) is 0 Å². The summed E-state index contributed by atoms with van der Waals surface area (Å²) < 4.78 is 0. The second-order valence-electron chi connectivity index (χ2n) is 6.25. The molecule has 2 nitrogen and oxygen atoms in total. The van der Waals surface area contributed by atoms with Gasteiger partial charge in [-0.1, -0.05) is 30.3 Å². The van der Waals surface area contributed by atoms with Crippen molar-refractivity contribution < 1.29 is 4.79 Å². The van der Waals surface area contributed by atoms with Gasteiger partial charge < -0.3 is 4.90 Å². The highest BCUT2D eigenvalue weighted by Gasteiger charge is 2.13. The van der Waals surface area contributed by atoms with Crippen molar-refractivity contribution in [3.8, 4) is 0 Å². The lowest BCUT2D eigenvalue weighted by molar-refractivity contribution is -0.127. The van der Waals surface area contributed by atoms with E-state index in [4.69, 9.17) is 0 Å². The lowest BCUT2D eigenvalue weighted by Gasteiger charge is -2.18. The summed E-state index contributed by atoms with van der Waals surface area (Å²) in [7, 11) is 1.89. The number of benzene rings is 2. The molecule has 2 aromatic rings. The molecule has 3 heteroatoms. The van der Waals surface area contributed by atoms with E-state index < -0.39 is 0 Å². The van der Waals surface area contributed by atoms with E-state index in [1.807, 2.05) is 24.1 Å².